The second-order valence-corrected chi connectivity index (χ2v) is 6.28. The van der Waals surface area contributed by atoms with Crippen LogP contribution in [-0.2, 0) is 20.0 Å². The Balaban J connectivity index is 2.59. The summed E-state index contributed by atoms with van der Waals surface area (Å²) in [6, 6.07) is 12.8. The van der Waals surface area contributed by atoms with Gasteiger partial charge in [-0.1, -0.05) is 54.4 Å². The number of rotatable bonds is 6. The van der Waals surface area contributed by atoms with Crippen molar-refractivity contribution in [2.75, 3.05) is 0 Å². The minimum atomic E-state index is -1.82. The third-order valence-electron chi connectivity index (χ3n) is 3.81. The smallest absolute Gasteiger partial charge is 0.351 e. The lowest BCUT2D eigenvalue weighted by atomic mass is 9.86. The first-order chi connectivity index (χ1) is 11.4. The van der Waals surface area contributed by atoms with Gasteiger partial charge in [0.05, 0.1) is 6.10 Å². The number of ether oxygens (including phenoxy) is 1. The van der Waals surface area contributed by atoms with Gasteiger partial charge in [0.1, 0.15) is 0 Å². The van der Waals surface area contributed by atoms with Gasteiger partial charge in [0.25, 0.3) is 0 Å². The van der Waals surface area contributed by atoms with E-state index in [-0.39, 0.29) is 6.10 Å². The fourth-order valence-corrected chi connectivity index (χ4v) is 2.52. The molecule has 2 rings (SSSR count). The molecule has 0 aliphatic carbocycles. The molecule has 0 aromatic heterocycles. The number of halogens is 2. The number of benzene rings is 2. The second-order valence-electron chi connectivity index (χ2n) is 5.41. The summed E-state index contributed by atoms with van der Waals surface area (Å²) in [6.07, 6.45) is 0.306. The van der Waals surface area contributed by atoms with E-state index in [0.717, 1.165) is 0 Å². The van der Waals surface area contributed by atoms with Crippen molar-refractivity contribution in [3.63, 3.8) is 0 Å². The first kappa shape index (κ1) is 18.7. The van der Waals surface area contributed by atoms with Crippen molar-refractivity contribution in [2.24, 2.45) is 0 Å². The van der Waals surface area contributed by atoms with Crippen LogP contribution in [0.15, 0.2) is 48.5 Å². The van der Waals surface area contributed by atoms with Crippen LogP contribution in [-0.4, -0.2) is 17.3 Å². The lowest BCUT2D eigenvalue weighted by molar-refractivity contribution is -0.312. The Morgan fingerprint density at radius 1 is 1.04 bits per heavy atom. The summed E-state index contributed by atoms with van der Waals surface area (Å²) in [4.78, 5) is 17.6. The first-order valence-electron chi connectivity index (χ1n) is 7.49. The molecule has 128 valence electrons. The SMILES string of the molecule is CCC(C)OC(=O)C(OO)(c1ccc(Cl)cc1)c1ccc(Cl)cc1. The van der Waals surface area contributed by atoms with Crippen LogP contribution in [0, 0.1) is 0 Å². The molecule has 0 aliphatic heterocycles. The van der Waals surface area contributed by atoms with Gasteiger partial charge in [0.15, 0.2) is 0 Å². The van der Waals surface area contributed by atoms with Crippen molar-refractivity contribution in [2.45, 2.75) is 32.0 Å². The molecule has 24 heavy (non-hydrogen) atoms. The zero-order valence-electron chi connectivity index (χ0n) is 13.3. The summed E-state index contributed by atoms with van der Waals surface area (Å²) in [7, 11) is 0. The van der Waals surface area contributed by atoms with Crippen LogP contribution >= 0.6 is 23.2 Å². The van der Waals surface area contributed by atoms with Crippen molar-refractivity contribution < 1.29 is 19.7 Å². The average molecular weight is 369 g/mol. The largest absolute Gasteiger partial charge is 0.460 e. The highest BCUT2D eigenvalue weighted by Gasteiger charge is 2.46. The van der Waals surface area contributed by atoms with E-state index in [0.29, 0.717) is 27.6 Å². The molecule has 4 nitrogen and oxygen atoms in total. The summed E-state index contributed by atoms with van der Waals surface area (Å²) in [5.74, 6) is -0.719. The predicted octanol–water partition coefficient (Wildman–Crippen LogP) is 5.07. The second kappa shape index (κ2) is 7.99. The summed E-state index contributed by atoms with van der Waals surface area (Å²) < 4.78 is 5.44. The number of carbonyl (C=O) groups excluding carboxylic acids is 1. The van der Waals surface area contributed by atoms with Gasteiger partial charge < -0.3 is 4.74 Å². The van der Waals surface area contributed by atoms with Crippen LogP contribution in [0.3, 0.4) is 0 Å². The fraction of sp³-hybridized carbons (Fsp3) is 0.278. The molecule has 0 fully saturated rings. The van der Waals surface area contributed by atoms with Gasteiger partial charge in [0.2, 0.25) is 5.60 Å². The number of esters is 1. The van der Waals surface area contributed by atoms with Crippen molar-refractivity contribution in [3.8, 4) is 0 Å². The molecule has 0 spiro atoms. The standard InChI is InChI=1S/C18H18Cl2O4/c1-3-12(2)23-17(21)18(24-22,13-4-8-15(19)9-5-13)14-6-10-16(20)11-7-14/h4-12,22H,3H2,1-2H3. The molecule has 0 heterocycles. The monoisotopic (exact) mass is 368 g/mol. The molecule has 2 aromatic carbocycles. The quantitative estimate of drug-likeness (QED) is 0.439. The molecular formula is C18H18Cl2O4. The van der Waals surface area contributed by atoms with Crippen LogP contribution in [0.4, 0.5) is 0 Å². The maximum atomic E-state index is 12.9. The van der Waals surface area contributed by atoms with Crippen LogP contribution in [0.25, 0.3) is 0 Å². The van der Waals surface area contributed by atoms with E-state index in [1.54, 1.807) is 55.5 Å². The van der Waals surface area contributed by atoms with Gasteiger partial charge in [0, 0.05) is 21.2 Å². The van der Waals surface area contributed by atoms with E-state index in [1.165, 1.54) is 0 Å². The molecule has 0 aliphatic rings. The molecule has 6 heteroatoms. The zero-order valence-corrected chi connectivity index (χ0v) is 14.8. The van der Waals surface area contributed by atoms with Crippen molar-refractivity contribution in [1.29, 1.82) is 0 Å². The van der Waals surface area contributed by atoms with E-state index >= 15 is 0 Å². The van der Waals surface area contributed by atoms with E-state index < -0.39 is 11.6 Å². The molecule has 2 aromatic rings. The summed E-state index contributed by atoms with van der Waals surface area (Å²) in [5, 5.41) is 10.7. The molecule has 1 unspecified atom stereocenters. The minimum absolute atomic E-state index is 0.327. The first-order valence-corrected chi connectivity index (χ1v) is 8.25. The van der Waals surface area contributed by atoms with Crippen LogP contribution < -0.4 is 0 Å². The van der Waals surface area contributed by atoms with Crippen LogP contribution in [0.2, 0.25) is 10.0 Å². The highest BCUT2D eigenvalue weighted by molar-refractivity contribution is 6.30. The highest BCUT2D eigenvalue weighted by Crippen LogP contribution is 2.36. The van der Waals surface area contributed by atoms with Crippen LogP contribution in [0.5, 0.6) is 0 Å². The van der Waals surface area contributed by atoms with E-state index in [9.17, 15) is 10.1 Å². The molecule has 0 bridgehead atoms. The Kier molecular flexibility index (Phi) is 6.24. The van der Waals surface area contributed by atoms with E-state index in [2.05, 4.69) is 0 Å². The predicted molar refractivity (Wildman–Crippen MR) is 93.2 cm³/mol. The lowest BCUT2D eigenvalue weighted by Gasteiger charge is -2.30. The zero-order chi connectivity index (χ0) is 17.7. The normalized spacial score (nSPS) is 12.7. The maximum absolute atomic E-state index is 12.9. The Labute approximate surface area is 150 Å². The highest BCUT2D eigenvalue weighted by atomic mass is 35.5. The average Bonchev–Trinajstić information content (AvgIpc) is 2.58. The van der Waals surface area contributed by atoms with E-state index in [4.69, 9.17) is 32.8 Å². The summed E-state index contributed by atoms with van der Waals surface area (Å²) in [6.45, 7) is 3.66. The molecule has 0 amide bonds. The van der Waals surface area contributed by atoms with Gasteiger partial charge in [-0.15, -0.1) is 0 Å². The Morgan fingerprint density at radius 2 is 1.46 bits per heavy atom. The molecule has 0 saturated heterocycles. The minimum Gasteiger partial charge on any atom is -0.460 e. The van der Waals surface area contributed by atoms with Gasteiger partial charge in [-0.3, -0.25) is 0 Å². The van der Waals surface area contributed by atoms with E-state index in [1.807, 2.05) is 6.92 Å². The Bertz CT molecular complexity index is 638. The van der Waals surface area contributed by atoms with Gasteiger partial charge in [-0.05, 0) is 37.6 Å². The maximum Gasteiger partial charge on any atom is 0.351 e. The number of hydrogen-bond acceptors (Lipinski definition) is 4. The van der Waals surface area contributed by atoms with Gasteiger partial charge in [-0.25, -0.2) is 14.9 Å². The fourth-order valence-electron chi connectivity index (χ4n) is 2.26. The Morgan fingerprint density at radius 3 is 1.79 bits per heavy atom. The molecule has 0 saturated carbocycles. The molecule has 1 N–H and O–H groups in total. The van der Waals surface area contributed by atoms with Crippen molar-refractivity contribution >= 4 is 29.2 Å². The molecular weight excluding hydrogens is 351 g/mol. The third-order valence-corrected chi connectivity index (χ3v) is 4.31. The van der Waals surface area contributed by atoms with Gasteiger partial charge >= 0.3 is 5.97 Å². The third kappa shape index (κ3) is 3.73. The van der Waals surface area contributed by atoms with Gasteiger partial charge in [-0.2, -0.15) is 0 Å². The topological polar surface area (TPSA) is 55.8 Å². The molecule has 0 radical (unpaired) electrons. The molecule has 1 atom stereocenters. The van der Waals surface area contributed by atoms with Crippen molar-refractivity contribution in [1.82, 2.24) is 0 Å². The number of hydrogen-bond donors (Lipinski definition) is 1. The lowest BCUT2D eigenvalue weighted by Crippen LogP contribution is -2.42. The summed E-state index contributed by atoms with van der Waals surface area (Å²) in [5.41, 5.74) is -1.03. The Hall–Kier alpha value is -1.59. The summed E-state index contributed by atoms with van der Waals surface area (Å²) >= 11 is 11.8. The number of carbonyl (C=O) groups is 1. The van der Waals surface area contributed by atoms with Crippen molar-refractivity contribution in [3.05, 3.63) is 69.7 Å². The van der Waals surface area contributed by atoms with Crippen LogP contribution in [0.1, 0.15) is 31.4 Å².